The molecule has 2 heterocycles. The number of oxazole rings is 1. The largest absolute Gasteiger partial charge is 0.496 e. The van der Waals surface area contributed by atoms with Gasteiger partial charge in [-0.05, 0) is 57.0 Å². The number of hydrogen-bond acceptors (Lipinski definition) is 5. The summed E-state index contributed by atoms with van der Waals surface area (Å²) in [5.74, 6) is 2.45. The number of rotatable bonds is 6. The first kappa shape index (κ1) is 18.0. The fourth-order valence-electron chi connectivity index (χ4n) is 3.55. The molecule has 1 unspecified atom stereocenters. The minimum absolute atomic E-state index is 0.474. The third-order valence-corrected chi connectivity index (χ3v) is 5.00. The van der Waals surface area contributed by atoms with E-state index in [2.05, 4.69) is 11.0 Å². The van der Waals surface area contributed by atoms with Gasteiger partial charge in [-0.15, -0.1) is 0 Å². The van der Waals surface area contributed by atoms with E-state index in [1.807, 2.05) is 26.0 Å². The van der Waals surface area contributed by atoms with Gasteiger partial charge < -0.3 is 13.9 Å². The Morgan fingerprint density at radius 3 is 2.80 bits per heavy atom. The Balaban J connectivity index is 1.79. The Bertz CT molecular complexity index is 709. The zero-order valence-electron chi connectivity index (χ0n) is 15.7. The molecule has 0 bridgehead atoms. The molecule has 1 aromatic carbocycles. The summed E-state index contributed by atoms with van der Waals surface area (Å²) in [6.45, 7) is 6.72. The lowest BCUT2D eigenvalue weighted by molar-refractivity contribution is 0.0590. The van der Waals surface area contributed by atoms with Gasteiger partial charge in [0.05, 0.1) is 19.4 Å². The Morgan fingerprint density at radius 1 is 1.24 bits per heavy atom. The highest BCUT2D eigenvalue weighted by Crippen LogP contribution is 2.28. The summed E-state index contributed by atoms with van der Waals surface area (Å²) in [5.41, 5.74) is 3.08. The maximum Gasteiger partial charge on any atom is 0.226 e. The molecule has 0 radical (unpaired) electrons. The summed E-state index contributed by atoms with van der Waals surface area (Å²) in [5, 5.41) is 0. The smallest absolute Gasteiger partial charge is 0.226 e. The summed E-state index contributed by atoms with van der Waals surface area (Å²) in [4.78, 5) is 7.25. The minimum Gasteiger partial charge on any atom is -0.496 e. The highest BCUT2D eigenvalue weighted by Gasteiger charge is 2.24. The van der Waals surface area contributed by atoms with Crippen molar-refractivity contribution >= 4 is 0 Å². The lowest BCUT2D eigenvalue weighted by Gasteiger charge is -2.34. The average Bonchev–Trinajstić information content (AvgIpc) is 2.97. The normalized spacial score (nSPS) is 18.5. The summed E-state index contributed by atoms with van der Waals surface area (Å²) in [6, 6.07) is 6.49. The summed E-state index contributed by atoms with van der Waals surface area (Å²) >= 11 is 0. The average molecular weight is 344 g/mol. The van der Waals surface area contributed by atoms with E-state index in [1.54, 1.807) is 14.2 Å². The van der Waals surface area contributed by atoms with Crippen LogP contribution < -0.4 is 4.74 Å². The third kappa shape index (κ3) is 4.05. The van der Waals surface area contributed by atoms with E-state index in [0.717, 1.165) is 48.0 Å². The molecule has 2 aromatic rings. The van der Waals surface area contributed by atoms with E-state index in [9.17, 15) is 0 Å². The molecule has 1 atom stereocenters. The lowest BCUT2D eigenvalue weighted by atomic mass is 10.0. The van der Waals surface area contributed by atoms with Gasteiger partial charge in [-0.25, -0.2) is 4.98 Å². The molecule has 1 fully saturated rings. The van der Waals surface area contributed by atoms with Crippen molar-refractivity contribution in [3.63, 3.8) is 0 Å². The number of nitrogens with zero attached hydrogens (tertiary/aromatic N) is 2. The molecule has 1 aliphatic heterocycles. The number of benzene rings is 1. The minimum atomic E-state index is 0.474. The highest BCUT2D eigenvalue weighted by molar-refractivity contribution is 5.57. The van der Waals surface area contributed by atoms with Gasteiger partial charge in [-0.3, -0.25) is 4.90 Å². The van der Waals surface area contributed by atoms with Crippen LogP contribution in [0.4, 0.5) is 0 Å². The number of piperidine rings is 1. The van der Waals surface area contributed by atoms with Crippen LogP contribution in [0, 0.1) is 13.8 Å². The second-order valence-electron chi connectivity index (χ2n) is 6.78. The number of ether oxygens (including phenoxy) is 2. The zero-order valence-corrected chi connectivity index (χ0v) is 15.7. The Labute approximate surface area is 149 Å². The van der Waals surface area contributed by atoms with Crippen LogP contribution in [0.25, 0.3) is 11.5 Å². The topological polar surface area (TPSA) is 47.7 Å². The third-order valence-electron chi connectivity index (χ3n) is 5.00. The standard InChI is InChI=1S/C20H28N2O3/c1-14-11-16(8-9-19(14)24-4)20-21-18(15(2)25-20)12-22-10-6-5-7-17(22)13-23-3/h8-9,11,17H,5-7,10,12-13H2,1-4H3. The predicted octanol–water partition coefficient (Wildman–Crippen LogP) is 3.97. The van der Waals surface area contributed by atoms with Crippen LogP contribution in [0.15, 0.2) is 22.6 Å². The van der Waals surface area contributed by atoms with Crippen molar-refractivity contribution in [3.8, 4) is 17.2 Å². The number of aromatic nitrogens is 1. The predicted molar refractivity (Wildman–Crippen MR) is 97.9 cm³/mol. The van der Waals surface area contributed by atoms with E-state index in [-0.39, 0.29) is 0 Å². The Kier molecular flexibility index (Phi) is 5.76. The van der Waals surface area contributed by atoms with Crippen molar-refractivity contribution in [2.45, 2.75) is 45.7 Å². The van der Waals surface area contributed by atoms with E-state index in [0.29, 0.717) is 11.9 Å². The van der Waals surface area contributed by atoms with Gasteiger partial charge in [0.15, 0.2) is 0 Å². The van der Waals surface area contributed by atoms with Crippen LogP contribution in [0.2, 0.25) is 0 Å². The zero-order chi connectivity index (χ0) is 17.8. The molecule has 1 saturated heterocycles. The number of likely N-dealkylation sites (tertiary alicyclic amines) is 1. The molecular weight excluding hydrogens is 316 g/mol. The highest BCUT2D eigenvalue weighted by atomic mass is 16.5. The van der Waals surface area contributed by atoms with Gasteiger partial charge in [0.25, 0.3) is 0 Å². The van der Waals surface area contributed by atoms with Crippen LogP contribution in [0.5, 0.6) is 5.75 Å². The maximum atomic E-state index is 5.96. The molecule has 1 aromatic heterocycles. The fourth-order valence-corrected chi connectivity index (χ4v) is 3.55. The van der Waals surface area contributed by atoms with Crippen LogP contribution >= 0.6 is 0 Å². The number of hydrogen-bond donors (Lipinski definition) is 0. The van der Waals surface area contributed by atoms with Gasteiger partial charge in [0, 0.05) is 25.3 Å². The van der Waals surface area contributed by atoms with Gasteiger partial charge >= 0.3 is 0 Å². The first-order valence-electron chi connectivity index (χ1n) is 8.96. The summed E-state index contributed by atoms with van der Waals surface area (Å²) in [7, 11) is 3.46. The van der Waals surface area contributed by atoms with E-state index >= 15 is 0 Å². The molecule has 5 heteroatoms. The maximum absolute atomic E-state index is 5.96. The van der Waals surface area contributed by atoms with Crippen molar-refractivity contribution in [1.29, 1.82) is 0 Å². The molecule has 136 valence electrons. The summed E-state index contributed by atoms with van der Waals surface area (Å²) < 4.78 is 16.7. The molecule has 0 saturated carbocycles. The monoisotopic (exact) mass is 344 g/mol. The lowest BCUT2D eigenvalue weighted by Crippen LogP contribution is -2.41. The second kappa shape index (κ2) is 8.02. The molecule has 25 heavy (non-hydrogen) atoms. The molecule has 0 amide bonds. The van der Waals surface area contributed by atoms with Crippen molar-refractivity contribution in [2.24, 2.45) is 0 Å². The van der Waals surface area contributed by atoms with Crippen molar-refractivity contribution in [3.05, 3.63) is 35.2 Å². The first-order chi connectivity index (χ1) is 12.1. The van der Waals surface area contributed by atoms with Gasteiger partial charge in [-0.1, -0.05) is 6.42 Å². The van der Waals surface area contributed by atoms with E-state index < -0.39 is 0 Å². The first-order valence-corrected chi connectivity index (χ1v) is 8.96. The molecular formula is C20H28N2O3. The molecule has 0 N–H and O–H groups in total. The molecule has 0 spiro atoms. The number of methoxy groups -OCH3 is 2. The second-order valence-corrected chi connectivity index (χ2v) is 6.78. The fraction of sp³-hybridized carbons (Fsp3) is 0.550. The van der Waals surface area contributed by atoms with Crippen molar-refractivity contribution in [1.82, 2.24) is 9.88 Å². The van der Waals surface area contributed by atoms with Crippen LogP contribution in [0.1, 0.15) is 36.3 Å². The van der Waals surface area contributed by atoms with Crippen LogP contribution in [-0.2, 0) is 11.3 Å². The molecule has 3 rings (SSSR count). The Hall–Kier alpha value is -1.85. The number of aryl methyl sites for hydroxylation is 2. The van der Waals surface area contributed by atoms with E-state index in [4.69, 9.17) is 18.9 Å². The quantitative estimate of drug-likeness (QED) is 0.793. The van der Waals surface area contributed by atoms with E-state index in [1.165, 1.54) is 19.3 Å². The summed E-state index contributed by atoms with van der Waals surface area (Å²) in [6.07, 6.45) is 3.70. The van der Waals surface area contributed by atoms with Gasteiger partial charge in [0.2, 0.25) is 5.89 Å². The van der Waals surface area contributed by atoms with Crippen molar-refractivity contribution in [2.75, 3.05) is 27.4 Å². The van der Waals surface area contributed by atoms with Crippen LogP contribution in [-0.4, -0.2) is 43.3 Å². The molecule has 0 aliphatic carbocycles. The van der Waals surface area contributed by atoms with Gasteiger partial charge in [0.1, 0.15) is 11.5 Å². The molecule has 5 nitrogen and oxygen atoms in total. The SMILES string of the molecule is COCC1CCCCN1Cc1nc(-c2ccc(OC)c(C)c2)oc1C. The van der Waals surface area contributed by atoms with Gasteiger partial charge in [-0.2, -0.15) is 0 Å². The van der Waals surface area contributed by atoms with Crippen molar-refractivity contribution < 1.29 is 13.9 Å². The van der Waals surface area contributed by atoms with Crippen LogP contribution in [0.3, 0.4) is 0 Å². The molecule has 1 aliphatic rings. The Morgan fingerprint density at radius 2 is 2.08 bits per heavy atom.